The minimum atomic E-state index is -4.61. The van der Waals surface area contributed by atoms with Gasteiger partial charge in [-0.1, -0.05) is 12.1 Å². The van der Waals surface area contributed by atoms with Crippen LogP contribution >= 0.6 is 0 Å². The summed E-state index contributed by atoms with van der Waals surface area (Å²) in [6, 6.07) is 9.27. The number of hydrogen-bond acceptors (Lipinski definition) is 5. The van der Waals surface area contributed by atoms with Crippen LogP contribution in [0.5, 0.6) is 0 Å². The van der Waals surface area contributed by atoms with Crippen molar-refractivity contribution in [1.82, 2.24) is 15.5 Å². The second-order valence-electron chi connectivity index (χ2n) is 9.54. The third-order valence-corrected chi connectivity index (χ3v) is 7.17. The molecule has 0 spiro atoms. The van der Waals surface area contributed by atoms with Gasteiger partial charge in [-0.15, -0.1) is 0 Å². The molecule has 1 fully saturated rings. The number of anilines is 1. The van der Waals surface area contributed by atoms with Gasteiger partial charge in [0.25, 0.3) is 5.91 Å². The molecule has 196 valence electrons. The highest BCUT2D eigenvalue weighted by Gasteiger charge is 2.46. The maximum atomic E-state index is 13.7. The number of hydrogen-bond donors (Lipinski definition) is 2. The molecule has 2 N–H and O–H groups in total. The Hall–Kier alpha value is -4.17. The Bertz CT molecular complexity index is 1410. The first-order chi connectivity index (χ1) is 18.1. The van der Waals surface area contributed by atoms with E-state index in [-0.39, 0.29) is 47.1 Å². The van der Waals surface area contributed by atoms with E-state index in [1.807, 2.05) is 6.07 Å². The summed E-state index contributed by atoms with van der Waals surface area (Å²) in [7, 11) is 1.45. The molecule has 0 saturated carbocycles. The van der Waals surface area contributed by atoms with E-state index >= 15 is 0 Å². The number of benzene rings is 2. The van der Waals surface area contributed by atoms with Gasteiger partial charge in [0, 0.05) is 42.9 Å². The van der Waals surface area contributed by atoms with Gasteiger partial charge in [-0.2, -0.15) is 18.4 Å². The number of amides is 3. The van der Waals surface area contributed by atoms with Gasteiger partial charge in [-0.3, -0.25) is 14.5 Å². The van der Waals surface area contributed by atoms with Crippen LogP contribution in [-0.4, -0.2) is 48.8 Å². The molecule has 2 aliphatic heterocycles. The Labute approximate surface area is 216 Å². The summed E-state index contributed by atoms with van der Waals surface area (Å²) in [5.41, 5.74) is 0.444. The number of Topliss-reactive ketones (excluding diaryl/α,β-unsaturated/α-hetero) is 1. The van der Waals surface area contributed by atoms with Crippen molar-refractivity contribution >= 4 is 23.4 Å². The number of carbonyl (C=O) groups excluding carboxylic acids is 3. The zero-order chi connectivity index (χ0) is 27.2. The van der Waals surface area contributed by atoms with E-state index in [0.717, 1.165) is 30.0 Å². The first kappa shape index (κ1) is 25.5. The molecule has 0 aromatic heterocycles. The Morgan fingerprint density at radius 2 is 1.95 bits per heavy atom. The zero-order valence-electron chi connectivity index (χ0n) is 20.4. The smallest absolute Gasteiger partial charge is 0.348 e. The molecular formula is C27H24F3N5O3. The van der Waals surface area contributed by atoms with Gasteiger partial charge >= 0.3 is 12.2 Å². The quantitative estimate of drug-likeness (QED) is 0.633. The monoisotopic (exact) mass is 523 g/mol. The lowest BCUT2D eigenvalue weighted by molar-refractivity contribution is -0.137. The van der Waals surface area contributed by atoms with Crippen LogP contribution < -0.4 is 15.5 Å². The lowest BCUT2D eigenvalue weighted by Gasteiger charge is -2.41. The molecule has 0 bridgehead atoms. The van der Waals surface area contributed by atoms with Crippen LogP contribution in [0.25, 0.3) is 0 Å². The largest absolute Gasteiger partial charge is 0.416 e. The van der Waals surface area contributed by atoms with Gasteiger partial charge < -0.3 is 15.5 Å². The van der Waals surface area contributed by atoms with Crippen LogP contribution in [0.4, 0.5) is 23.7 Å². The highest BCUT2D eigenvalue weighted by atomic mass is 19.4. The topological polar surface area (TPSA) is 106 Å². The molecule has 2 aromatic rings. The van der Waals surface area contributed by atoms with Gasteiger partial charge in [0.2, 0.25) is 0 Å². The summed E-state index contributed by atoms with van der Waals surface area (Å²) in [6.07, 6.45) is -3.61. The summed E-state index contributed by atoms with van der Waals surface area (Å²) < 4.78 is 40.2. The third kappa shape index (κ3) is 4.41. The third-order valence-electron chi connectivity index (χ3n) is 7.17. The van der Waals surface area contributed by atoms with Crippen LogP contribution in [0.15, 0.2) is 53.7 Å². The van der Waals surface area contributed by atoms with Gasteiger partial charge in [0.1, 0.15) is 0 Å². The molecule has 3 aliphatic rings. The summed E-state index contributed by atoms with van der Waals surface area (Å²) in [5.74, 6) is -0.684. The normalized spacial score (nSPS) is 21.6. The predicted molar refractivity (Wildman–Crippen MR) is 131 cm³/mol. The van der Waals surface area contributed by atoms with E-state index in [1.54, 1.807) is 6.07 Å². The molecule has 2 atom stereocenters. The first-order valence-corrected chi connectivity index (χ1v) is 12.2. The average molecular weight is 524 g/mol. The number of urea groups is 1. The van der Waals surface area contributed by atoms with E-state index in [4.69, 9.17) is 0 Å². The number of alkyl halides is 3. The Kier molecular flexibility index (Phi) is 6.44. The van der Waals surface area contributed by atoms with E-state index in [2.05, 4.69) is 10.6 Å². The molecule has 2 heterocycles. The van der Waals surface area contributed by atoms with Gasteiger partial charge in [0.05, 0.1) is 28.9 Å². The van der Waals surface area contributed by atoms with Crippen molar-refractivity contribution in [3.8, 4) is 6.07 Å². The van der Waals surface area contributed by atoms with Crippen molar-refractivity contribution in [2.45, 2.75) is 37.5 Å². The van der Waals surface area contributed by atoms with E-state index in [1.165, 1.54) is 36.2 Å². The maximum absolute atomic E-state index is 13.7. The molecular weight excluding hydrogens is 499 g/mol. The van der Waals surface area contributed by atoms with E-state index < -0.39 is 29.7 Å². The average Bonchev–Trinajstić information content (AvgIpc) is 3.54. The van der Waals surface area contributed by atoms with E-state index in [0.29, 0.717) is 17.8 Å². The first-order valence-electron chi connectivity index (χ1n) is 12.2. The van der Waals surface area contributed by atoms with Crippen molar-refractivity contribution in [3.05, 3.63) is 76.0 Å². The van der Waals surface area contributed by atoms with Crippen molar-refractivity contribution in [2.75, 3.05) is 25.0 Å². The summed E-state index contributed by atoms with van der Waals surface area (Å²) >= 11 is 0. The molecule has 8 nitrogen and oxygen atoms in total. The summed E-state index contributed by atoms with van der Waals surface area (Å²) in [5, 5.41) is 15.6. The standard InChI is InChI=1S/C27H24F3N5O3/c1-34-24(19-6-5-15(13-31)11-20(19)25(37)33-17-9-10-32-14-17)23-21(7-8-22(23)36)35(26(34)38)18-4-2-3-16(12-18)27(28,29)30/h2-6,11-12,17,24,32H,7-10,14H2,1H3,(H,33,37)/t17-,24?/m0/s1. The summed E-state index contributed by atoms with van der Waals surface area (Å²) in [4.78, 5) is 42.6. The number of rotatable bonds is 4. The van der Waals surface area contributed by atoms with E-state index in [9.17, 15) is 32.8 Å². The minimum absolute atomic E-state index is 0.00357. The second-order valence-corrected chi connectivity index (χ2v) is 9.54. The fraction of sp³-hybridized carbons (Fsp3) is 0.333. The second kappa shape index (κ2) is 9.61. The number of likely N-dealkylation sites (N-methyl/N-ethyl adjacent to an activating group) is 1. The fourth-order valence-electron chi connectivity index (χ4n) is 5.34. The Morgan fingerprint density at radius 1 is 1.16 bits per heavy atom. The Morgan fingerprint density at radius 3 is 2.63 bits per heavy atom. The zero-order valence-corrected chi connectivity index (χ0v) is 20.4. The number of halogens is 3. The van der Waals surface area contributed by atoms with Crippen LogP contribution in [0.2, 0.25) is 0 Å². The van der Waals surface area contributed by atoms with Crippen molar-refractivity contribution in [3.63, 3.8) is 0 Å². The van der Waals surface area contributed by atoms with Gasteiger partial charge in [-0.25, -0.2) is 4.79 Å². The fourth-order valence-corrected chi connectivity index (χ4v) is 5.34. The van der Waals surface area contributed by atoms with Gasteiger partial charge in [0.15, 0.2) is 5.78 Å². The molecule has 38 heavy (non-hydrogen) atoms. The van der Waals surface area contributed by atoms with Crippen molar-refractivity contribution in [2.24, 2.45) is 0 Å². The minimum Gasteiger partial charge on any atom is -0.348 e. The highest BCUT2D eigenvalue weighted by molar-refractivity contribution is 6.09. The lowest BCUT2D eigenvalue weighted by Crippen LogP contribution is -2.48. The number of nitrogens with zero attached hydrogens (tertiary/aromatic N) is 3. The molecule has 1 saturated heterocycles. The number of ketones is 1. The molecule has 11 heteroatoms. The maximum Gasteiger partial charge on any atom is 0.416 e. The van der Waals surface area contributed by atoms with Crippen LogP contribution in [0.3, 0.4) is 0 Å². The lowest BCUT2D eigenvalue weighted by atomic mass is 9.88. The van der Waals surface area contributed by atoms with Crippen molar-refractivity contribution in [1.29, 1.82) is 5.26 Å². The highest BCUT2D eigenvalue weighted by Crippen LogP contribution is 2.45. The molecule has 1 aliphatic carbocycles. The number of nitrogens with one attached hydrogen (secondary N) is 2. The Balaban J connectivity index is 1.62. The summed E-state index contributed by atoms with van der Waals surface area (Å²) in [6.45, 7) is 1.35. The van der Waals surface area contributed by atoms with Crippen LogP contribution in [0, 0.1) is 11.3 Å². The molecule has 3 amide bonds. The molecule has 5 rings (SSSR count). The number of allylic oxidation sites excluding steroid dienone is 1. The predicted octanol–water partition coefficient (Wildman–Crippen LogP) is 3.90. The number of carbonyl (C=O) groups is 3. The molecule has 1 unspecified atom stereocenters. The SMILES string of the molecule is CN1C(=O)N(c2cccc(C(F)(F)F)c2)C2=C(C(=O)CC2)C1c1ccc(C#N)cc1C(=O)N[C@H]1CCNC1. The number of nitriles is 1. The van der Waals surface area contributed by atoms with Crippen LogP contribution in [0.1, 0.15) is 52.4 Å². The van der Waals surface area contributed by atoms with Gasteiger partial charge in [-0.05, 0) is 55.3 Å². The molecule has 0 radical (unpaired) electrons. The van der Waals surface area contributed by atoms with Crippen LogP contribution in [-0.2, 0) is 11.0 Å². The molecule has 2 aromatic carbocycles. The van der Waals surface area contributed by atoms with Crippen molar-refractivity contribution < 1.29 is 27.6 Å².